The maximum atomic E-state index is 11.6. The number of hydrogen-bond acceptors (Lipinski definition) is 2. The summed E-state index contributed by atoms with van der Waals surface area (Å²) in [4.78, 5) is 11.6. The minimum Gasteiger partial charge on any atom is -0.494 e. The lowest BCUT2D eigenvalue weighted by atomic mass is 9.79. The van der Waals surface area contributed by atoms with Crippen LogP contribution in [0.25, 0.3) is 0 Å². The Morgan fingerprint density at radius 1 is 1.41 bits per heavy atom. The van der Waals surface area contributed by atoms with E-state index < -0.39 is 11.4 Å². The van der Waals surface area contributed by atoms with E-state index >= 15 is 0 Å². The molecule has 1 saturated carbocycles. The molecule has 1 aromatic rings. The van der Waals surface area contributed by atoms with Crippen LogP contribution in [0.2, 0.25) is 0 Å². The van der Waals surface area contributed by atoms with Crippen molar-refractivity contribution in [1.82, 2.24) is 0 Å². The zero-order valence-electron chi connectivity index (χ0n) is 10.1. The van der Waals surface area contributed by atoms with E-state index in [-0.39, 0.29) is 0 Å². The first-order chi connectivity index (χ1) is 8.19. The molecule has 0 bridgehead atoms. The number of carboxylic acid groups (broad SMARTS) is 1. The van der Waals surface area contributed by atoms with Crippen molar-refractivity contribution in [3.63, 3.8) is 0 Å². The Balaban J connectivity index is 2.36. The van der Waals surface area contributed by atoms with Gasteiger partial charge in [0.05, 0.1) is 12.0 Å². The summed E-state index contributed by atoms with van der Waals surface area (Å²) in [5.74, 6) is 0.0566. The van der Waals surface area contributed by atoms with Gasteiger partial charge in [0, 0.05) is 0 Å². The fourth-order valence-electron chi connectivity index (χ4n) is 2.65. The molecule has 0 aliphatic heterocycles. The van der Waals surface area contributed by atoms with E-state index in [2.05, 4.69) is 0 Å². The van der Waals surface area contributed by atoms with E-state index in [1.54, 1.807) is 0 Å². The number of carboxylic acids is 1. The predicted molar refractivity (Wildman–Crippen MR) is 65.4 cm³/mol. The zero-order valence-corrected chi connectivity index (χ0v) is 10.1. The molecule has 1 aliphatic rings. The van der Waals surface area contributed by atoms with Crippen molar-refractivity contribution in [3.05, 3.63) is 29.8 Å². The van der Waals surface area contributed by atoms with Crippen LogP contribution in [0.1, 0.15) is 38.2 Å². The minimum absolute atomic E-state index is 0.601. The largest absolute Gasteiger partial charge is 0.494 e. The first-order valence-corrected chi connectivity index (χ1v) is 6.16. The van der Waals surface area contributed by atoms with Gasteiger partial charge >= 0.3 is 5.97 Å². The molecule has 17 heavy (non-hydrogen) atoms. The van der Waals surface area contributed by atoms with Gasteiger partial charge in [0.1, 0.15) is 5.75 Å². The summed E-state index contributed by atoms with van der Waals surface area (Å²) in [5.41, 5.74) is 0.195. The first kappa shape index (κ1) is 12.0. The van der Waals surface area contributed by atoms with E-state index in [1.165, 1.54) is 0 Å². The van der Waals surface area contributed by atoms with Crippen molar-refractivity contribution >= 4 is 5.97 Å². The fraction of sp³-hybridized carbons (Fsp3) is 0.500. The molecule has 1 N–H and O–H groups in total. The van der Waals surface area contributed by atoms with E-state index in [0.717, 1.165) is 37.0 Å². The molecule has 2 rings (SSSR count). The Morgan fingerprint density at radius 2 is 2.12 bits per heavy atom. The predicted octanol–water partition coefficient (Wildman–Crippen LogP) is 2.98. The van der Waals surface area contributed by atoms with Gasteiger partial charge in [0.15, 0.2) is 0 Å². The molecular weight excluding hydrogens is 216 g/mol. The van der Waals surface area contributed by atoms with E-state index in [0.29, 0.717) is 6.61 Å². The van der Waals surface area contributed by atoms with Crippen LogP contribution < -0.4 is 4.74 Å². The number of aliphatic carboxylic acids is 1. The summed E-state index contributed by atoms with van der Waals surface area (Å²) in [6.45, 7) is 2.53. The van der Waals surface area contributed by atoms with Crippen LogP contribution in [-0.2, 0) is 10.2 Å². The van der Waals surface area contributed by atoms with Gasteiger partial charge in [-0.15, -0.1) is 0 Å². The summed E-state index contributed by atoms with van der Waals surface area (Å²) in [6.07, 6.45) is 3.45. The van der Waals surface area contributed by atoms with Crippen molar-refractivity contribution in [2.75, 3.05) is 6.61 Å². The Hall–Kier alpha value is -1.51. The maximum absolute atomic E-state index is 11.6. The molecule has 0 atom stereocenters. The first-order valence-electron chi connectivity index (χ1n) is 6.16. The molecule has 0 amide bonds. The molecular formula is C14H18O3. The lowest BCUT2D eigenvalue weighted by Gasteiger charge is -2.24. The standard InChI is InChI=1S/C14H18O3/c1-2-17-12-7-5-6-11(10-12)14(13(15)16)8-3-4-9-14/h5-7,10H,2-4,8-9H2,1H3,(H,15,16). The van der Waals surface area contributed by atoms with Crippen LogP contribution in [0.4, 0.5) is 0 Å². The second-order valence-electron chi connectivity index (χ2n) is 4.56. The Kier molecular flexibility index (Phi) is 3.36. The molecule has 0 spiro atoms. The quantitative estimate of drug-likeness (QED) is 0.871. The van der Waals surface area contributed by atoms with E-state index in [4.69, 9.17) is 4.74 Å². The third-order valence-electron chi connectivity index (χ3n) is 3.56. The van der Waals surface area contributed by atoms with Gasteiger partial charge in [-0.3, -0.25) is 4.79 Å². The Morgan fingerprint density at radius 3 is 2.71 bits per heavy atom. The third-order valence-corrected chi connectivity index (χ3v) is 3.56. The van der Waals surface area contributed by atoms with Gasteiger partial charge in [-0.05, 0) is 37.5 Å². The van der Waals surface area contributed by atoms with Crippen LogP contribution in [0.15, 0.2) is 24.3 Å². The second-order valence-corrected chi connectivity index (χ2v) is 4.56. The normalized spacial score (nSPS) is 17.9. The summed E-state index contributed by atoms with van der Waals surface area (Å²) in [5, 5.41) is 9.50. The highest BCUT2D eigenvalue weighted by molar-refractivity contribution is 5.82. The van der Waals surface area contributed by atoms with Crippen molar-refractivity contribution in [2.45, 2.75) is 38.0 Å². The summed E-state index contributed by atoms with van der Waals surface area (Å²) in [7, 11) is 0. The third kappa shape index (κ3) is 2.14. The molecule has 1 aromatic carbocycles. The highest BCUT2D eigenvalue weighted by Gasteiger charge is 2.42. The molecule has 92 valence electrons. The summed E-state index contributed by atoms with van der Waals surface area (Å²) < 4.78 is 5.44. The molecule has 0 heterocycles. The molecule has 3 heteroatoms. The average Bonchev–Trinajstić information content (AvgIpc) is 2.80. The van der Waals surface area contributed by atoms with Crippen LogP contribution >= 0.6 is 0 Å². The molecule has 0 radical (unpaired) electrons. The topological polar surface area (TPSA) is 46.5 Å². The van der Waals surface area contributed by atoms with Crippen LogP contribution in [-0.4, -0.2) is 17.7 Å². The number of rotatable bonds is 4. The molecule has 3 nitrogen and oxygen atoms in total. The maximum Gasteiger partial charge on any atom is 0.314 e. The number of hydrogen-bond donors (Lipinski definition) is 1. The van der Waals surface area contributed by atoms with Gasteiger partial charge < -0.3 is 9.84 Å². The average molecular weight is 234 g/mol. The summed E-state index contributed by atoms with van der Waals surface area (Å²) in [6, 6.07) is 7.53. The number of carbonyl (C=O) groups is 1. The fourth-order valence-corrected chi connectivity index (χ4v) is 2.65. The van der Waals surface area contributed by atoms with Crippen molar-refractivity contribution < 1.29 is 14.6 Å². The minimum atomic E-state index is -0.705. The Bertz CT molecular complexity index is 406. The zero-order chi connectivity index (χ0) is 12.3. The smallest absolute Gasteiger partial charge is 0.314 e. The second kappa shape index (κ2) is 4.78. The lowest BCUT2D eigenvalue weighted by molar-refractivity contribution is -0.143. The SMILES string of the molecule is CCOc1cccc(C2(C(=O)O)CCCC2)c1. The van der Waals surface area contributed by atoms with E-state index in [1.807, 2.05) is 31.2 Å². The van der Waals surface area contributed by atoms with E-state index in [9.17, 15) is 9.90 Å². The van der Waals surface area contributed by atoms with Gasteiger partial charge in [0.25, 0.3) is 0 Å². The highest BCUT2D eigenvalue weighted by Crippen LogP contribution is 2.42. The van der Waals surface area contributed by atoms with Gasteiger partial charge in [-0.1, -0.05) is 25.0 Å². The van der Waals surface area contributed by atoms with Crippen molar-refractivity contribution in [3.8, 4) is 5.75 Å². The molecule has 1 fully saturated rings. The highest BCUT2D eigenvalue weighted by atomic mass is 16.5. The van der Waals surface area contributed by atoms with Crippen LogP contribution in [0.3, 0.4) is 0 Å². The summed E-state index contributed by atoms with van der Waals surface area (Å²) >= 11 is 0. The number of ether oxygens (including phenoxy) is 1. The molecule has 0 saturated heterocycles. The molecule has 1 aliphatic carbocycles. The molecule has 0 aromatic heterocycles. The van der Waals surface area contributed by atoms with Crippen LogP contribution in [0, 0.1) is 0 Å². The monoisotopic (exact) mass is 234 g/mol. The van der Waals surface area contributed by atoms with Crippen LogP contribution in [0.5, 0.6) is 5.75 Å². The van der Waals surface area contributed by atoms with Gasteiger partial charge in [0.2, 0.25) is 0 Å². The van der Waals surface area contributed by atoms with Crippen molar-refractivity contribution in [1.29, 1.82) is 0 Å². The van der Waals surface area contributed by atoms with Gasteiger partial charge in [-0.25, -0.2) is 0 Å². The van der Waals surface area contributed by atoms with Crippen molar-refractivity contribution in [2.24, 2.45) is 0 Å². The lowest BCUT2D eigenvalue weighted by Crippen LogP contribution is -2.32. The Labute approximate surface area is 101 Å². The number of benzene rings is 1. The molecule has 0 unspecified atom stereocenters. The van der Waals surface area contributed by atoms with Gasteiger partial charge in [-0.2, -0.15) is 0 Å².